The van der Waals surface area contributed by atoms with E-state index in [-0.39, 0.29) is 12.2 Å². The van der Waals surface area contributed by atoms with E-state index in [1.165, 1.54) is 5.56 Å². The molecule has 4 atom stereocenters. The first-order valence-electron chi connectivity index (χ1n) is 7.90. The fourth-order valence-electron chi connectivity index (χ4n) is 3.47. The molecule has 116 valence electrons. The van der Waals surface area contributed by atoms with Crippen LogP contribution in [0.1, 0.15) is 38.4 Å². The molecule has 1 N–H and O–H groups in total. The molecule has 2 aliphatic heterocycles. The van der Waals surface area contributed by atoms with E-state index in [1.807, 2.05) is 0 Å². The number of hydrogen-bond donors (Lipinski definition) is 1. The van der Waals surface area contributed by atoms with Gasteiger partial charge in [0.1, 0.15) is 6.17 Å². The Morgan fingerprint density at radius 2 is 2.33 bits per heavy atom. The molecule has 4 unspecified atom stereocenters. The average molecular weight is 307 g/mol. The van der Waals surface area contributed by atoms with E-state index in [1.54, 1.807) is 11.3 Å². The number of likely N-dealkylation sites (N-methyl/N-ethyl adjacent to an activating group) is 1. The van der Waals surface area contributed by atoms with E-state index >= 15 is 0 Å². The van der Waals surface area contributed by atoms with Crippen molar-refractivity contribution in [1.82, 2.24) is 15.1 Å². The second-order valence-corrected chi connectivity index (χ2v) is 7.22. The summed E-state index contributed by atoms with van der Waals surface area (Å²) in [7, 11) is 2.14. The summed E-state index contributed by atoms with van der Waals surface area (Å²) in [5.74, 6) is 0.670. The maximum Gasteiger partial charge on any atom is 0.241 e. The van der Waals surface area contributed by atoms with Crippen LogP contribution in [0.2, 0.25) is 0 Å². The first kappa shape index (κ1) is 15.0. The lowest BCUT2D eigenvalue weighted by molar-refractivity contribution is -0.133. The van der Waals surface area contributed by atoms with Gasteiger partial charge in [0.15, 0.2) is 0 Å². The first-order chi connectivity index (χ1) is 10.1. The number of amides is 1. The number of nitrogens with zero attached hydrogens (tertiary/aromatic N) is 2. The Morgan fingerprint density at radius 1 is 1.52 bits per heavy atom. The van der Waals surface area contributed by atoms with E-state index in [9.17, 15) is 4.79 Å². The lowest BCUT2D eigenvalue weighted by atomic mass is 9.99. The maximum absolute atomic E-state index is 13.0. The van der Waals surface area contributed by atoms with Crippen molar-refractivity contribution >= 4 is 17.2 Å². The van der Waals surface area contributed by atoms with Gasteiger partial charge < -0.3 is 9.80 Å². The normalized spacial score (nSPS) is 32.0. The summed E-state index contributed by atoms with van der Waals surface area (Å²) in [4.78, 5) is 17.4. The zero-order valence-corrected chi connectivity index (χ0v) is 13.9. The molecule has 0 spiro atoms. The molecule has 0 aliphatic carbocycles. The highest BCUT2D eigenvalue weighted by Crippen LogP contribution is 2.34. The number of nitrogens with one attached hydrogen (secondary N) is 1. The molecular formula is C16H25N3OS. The highest BCUT2D eigenvalue weighted by Gasteiger charge is 2.45. The van der Waals surface area contributed by atoms with Crippen LogP contribution in [0.4, 0.5) is 0 Å². The van der Waals surface area contributed by atoms with E-state index in [0.717, 1.165) is 25.9 Å². The number of rotatable bonds is 4. The van der Waals surface area contributed by atoms with Crippen LogP contribution in [0.3, 0.4) is 0 Å². The van der Waals surface area contributed by atoms with Gasteiger partial charge in [0.05, 0.1) is 6.04 Å². The Hall–Kier alpha value is -0.910. The zero-order chi connectivity index (χ0) is 15.0. The molecule has 0 saturated carbocycles. The topological polar surface area (TPSA) is 35.6 Å². The van der Waals surface area contributed by atoms with Crippen molar-refractivity contribution in [3.63, 3.8) is 0 Å². The van der Waals surface area contributed by atoms with Crippen LogP contribution in [-0.2, 0) is 4.79 Å². The van der Waals surface area contributed by atoms with Crippen LogP contribution in [0, 0.1) is 5.92 Å². The molecule has 5 heteroatoms. The Kier molecular flexibility index (Phi) is 4.33. The SMILES string of the molecule is CCC(C)C1NC(c2ccsc2)N(C2CCN(C)C2)C1=O. The number of carbonyl (C=O) groups excluding carboxylic acids is 1. The van der Waals surface area contributed by atoms with Crippen LogP contribution in [0.15, 0.2) is 16.8 Å². The monoisotopic (exact) mass is 307 g/mol. The predicted molar refractivity (Wildman–Crippen MR) is 86.2 cm³/mol. The molecule has 3 rings (SSSR count). The Bertz CT molecular complexity index is 490. The third-order valence-corrected chi connectivity index (χ3v) is 5.67. The fourth-order valence-corrected chi connectivity index (χ4v) is 4.15. The summed E-state index contributed by atoms with van der Waals surface area (Å²) in [5.41, 5.74) is 1.23. The molecule has 3 heterocycles. The standard InChI is InChI=1S/C16H25N3OS/c1-4-11(2)14-16(20)19(13-5-7-18(3)9-13)15(17-14)12-6-8-21-10-12/h6,8,10-11,13-15,17H,4-5,7,9H2,1-3H3. The second kappa shape index (κ2) is 6.07. The van der Waals surface area contributed by atoms with Crippen LogP contribution in [0.5, 0.6) is 0 Å². The van der Waals surface area contributed by atoms with Gasteiger partial charge in [-0.2, -0.15) is 11.3 Å². The van der Waals surface area contributed by atoms with Crippen LogP contribution < -0.4 is 5.32 Å². The number of hydrogen-bond acceptors (Lipinski definition) is 4. The van der Waals surface area contributed by atoms with Gasteiger partial charge in [-0.15, -0.1) is 0 Å². The van der Waals surface area contributed by atoms with Crippen molar-refractivity contribution in [2.45, 2.75) is 44.9 Å². The fraction of sp³-hybridized carbons (Fsp3) is 0.688. The minimum atomic E-state index is -0.0363. The summed E-state index contributed by atoms with van der Waals surface area (Å²) < 4.78 is 0. The number of carbonyl (C=O) groups is 1. The van der Waals surface area contributed by atoms with Crippen molar-refractivity contribution in [2.75, 3.05) is 20.1 Å². The highest BCUT2D eigenvalue weighted by atomic mass is 32.1. The maximum atomic E-state index is 13.0. The third-order valence-electron chi connectivity index (χ3n) is 4.97. The predicted octanol–water partition coefficient (Wildman–Crippen LogP) is 2.30. The number of likely N-dealkylation sites (tertiary alicyclic amines) is 1. The van der Waals surface area contributed by atoms with Gasteiger partial charge in [-0.05, 0) is 48.3 Å². The molecule has 1 aromatic heterocycles. The highest BCUT2D eigenvalue weighted by molar-refractivity contribution is 7.07. The van der Waals surface area contributed by atoms with Crippen molar-refractivity contribution < 1.29 is 4.79 Å². The smallest absolute Gasteiger partial charge is 0.241 e. The van der Waals surface area contributed by atoms with Gasteiger partial charge in [0, 0.05) is 12.6 Å². The van der Waals surface area contributed by atoms with E-state index in [0.29, 0.717) is 17.9 Å². The Balaban J connectivity index is 1.87. The molecular weight excluding hydrogens is 282 g/mol. The summed E-state index contributed by atoms with van der Waals surface area (Å²) in [6.07, 6.45) is 2.16. The lowest BCUT2D eigenvalue weighted by Crippen LogP contribution is -2.42. The molecule has 2 aliphatic rings. The lowest BCUT2D eigenvalue weighted by Gasteiger charge is -2.29. The molecule has 0 aromatic carbocycles. The zero-order valence-electron chi connectivity index (χ0n) is 13.1. The second-order valence-electron chi connectivity index (χ2n) is 6.44. The molecule has 0 radical (unpaired) electrons. The molecule has 0 bridgehead atoms. The minimum absolute atomic E-state index is 0.0363. The Morgan fingerprint density at radius 3 is 2.90 bits per heavy atom. The largest absolute Gasteiger partial charge is 0.317 e. The molecule has 21 heavy (non-hydrogen) atoms. The van der Waals surface area contributed by atoms with E-state index in [4.69, 9.17) is 0 Å². The van der Waals surface area contributed by atoms with Gasteiger partial charge >= 0.3 is 0 Å². The molecule has 1 amide bonds. The summed E-state index contributed by atoms with van der Waals surface area (Å²) in [6.45, 7) is 6.40. The van der Waals surface area contributed by atoms with E-state index in [2.05, 4.69) is 52.8 Å². The minimum Gasteiger partial charge on any atom is -0.317 e. The molecule has 1 aromatic rings. The van der Waals surface area contributed by atoms with Gasteiger partial charge in [-0.1, -0.05) is 20.3 Å². The van der Waals surface area contributed by atoms with Crippen molar-refractivity contribution in [2.24, 2.45) is 5.92 Å². The Labute approximate surface area is 131 Å². The molecule has 4 nitrogen and oxygen atoms in total. The molecule has 2 fully saturated rings. The average Bonchev–Trinajstić information content (AvgIpc) is 3.17. The summed E-state index contributed by atoms with van der Waals surface area (Å²) in [5, 5.41) is 7.86. The summed E-state index contributed by atoms with van der Waals surface area (Å²) >= 11 is 1.70. The van der Waals surface area contributed by atoms with Crippen molar-refractivity contribution in [1.29, 1.82) is 0 Å². The third kappa shape index (κ3) is 2.74. The van der Waals surface area contributed by atoms with Crippen molar-refractivity contribution in [3.8, 4) is 0 Å². The van der Waals surface area contributed by atoms with Gasteiger partial charge in [0.2, 0.25) is 5.91 Å². The first-order valence-corrected chi connectivity index (χ1v) is 8.85. The van der Waals surface area contributed by atoms with Crippen LogP contribution >= 0.6 is 11.3 Å². The van der Waals surface area contributed by atoms with Crippen molar-refractivity contribution in [3.05, 3.63) is 22.4 Å². The number of thiophene rings is 1. The quantitative estimate of drug-likeness (QED) is 0.927. The van der Waals surface area contributed by atoms with Gasteiger partial charge in [-0.25, -0.2) is 0 Å². The molecule has 2 saturated heterocycles. The van der Waals surface area contributed by atoms with Gasteiger partial charge in [-0.3, -0.25) is 10.1 Å². The van der Waals surface area contributed by atoms with Crippen LogP contribution in [0.25, 0.3) is 0 Å². The van der Waals surface area contributed by atoms with Crippen LogP contribution in [-0.4, -0.2) is 47.9 Å². The van der Waals surface area contributed by atoms with Gasteiger partial charge in [0.25, 0.3) is 0 Å². The summed E-state index contributed by atoms with van der Waals surface area (Å²) in [6, 6.07) is 2.44. The van der Waals surface area contributed by atoms with E-state index < -0.39 is 0 Å².